The number of aromatic nitrogens is 1. The van der Waals surface area contributed by atoms with Crippen LogP contribution in [-0.4, -0.2) is 23.5 Å². The molecule has 4 nitrogen and oxygen atoms in total. The predicted molar refractivity (Wildman–Crippen MR) is 52.9 cm³/mol. The fraction of sp³-hybridized carbons (Fsp3) is 0.667. The molecule has 5 heteroatoms. The molecule has 14 heavy (non-hydrogen) atoms. The molecule has 0 spiro atoms. The smallest absolute Gasteiger partial charge is 0.155 e. The lowest BCUT2D eigenvalue weighted by atomic mass is 9.97. The highest BCUT2D eigenvalue weighted by atomic mass is 79.9. The summed E-state index contributed by atoms with van der Waals surface area (Å²) in [5.74, 6) is 1.00. The Labute approximate surface area is 90.4 Å². The molecule has 2 heterocycles. The van der Waals surface area contributed by atoms with E-state index in [2.05, 4.69) is 21.1 Å². The van der Waals surface area contributed by atoms with Gasteiger partial charge in [-0.3, -0.25) is 0 Å². The summed E-state index contributed by atoms with van der Waals surface area (Å²) in [7, 11) is 0. The highest BCUT2D eigenvalue weighted by Gasteiger charge is 2.24. The monoisotopic (exact) mass is 261 g/mol. The number of nitrogens with zero attached hydrogens (tertiary/aromatic N) is 1. The van der Waals surface area contributed by atoms with Gasteiger partial charge in [0.15, 0.2) is 4.60 Å². The van der Waals surface area contributed by atoms with Crippen LogP contribution in [0, 0.1) is 0 Å². The van der Waals surface area contributed by atoms with E-state index in [4.69, 9.17) is 14.4 Å². The summed E-state index contributed by atoms with van der Waals surface area (Å²) in [6, 6.07) is 0. The van der Waals surface area contributed by atoms with Crippen LogP contribution < -0.4 is 0 Å². The second kappa shape index (κ2) is 4.42. The van der Waals surface area contributed by atoms with Gasteiger partial charge in [0, 0.05) is 12.5 Å². The van der Waals surface area contributed by atoms with Crippen molar-refractivity contribution in [3.63, 3.8) is 0 Å². The van der Waals surface area contributed by atoms with Gasteiger partial charge in [0.25, 0.3) is 0 Å². The Kier molecular flexibility index (Phi) is 3.20. The third kappa shape index (κ3) is 1.85. The highest BCUT2D eigenvalue weighted by Crippen LogP contribution is 2.31. The van der Waals surface area contributed by atoms with Crippen molar-refractivity contribution in [2.45, 2.75) is 25.4 Å². The van der Waals surface area contributed by atoms with E-state index in [0.717, 1.165) is 30.8 Å². The first-order chi connectivity index (χ1) is 6.83. The molecule has 78 valence electrons. The Hall–Kier alpha value is -0.390. The summed E-state index contributed by atoms with van der Waals surface area (Å²) >= 11 is 3.24. The van der Waals surface area contributed by atoms with E-state index < -0.39 is 0 Å². The van der Waals surface area contributed by atoms with Crippen LogP contribution in [-0.2, 0) is 11.3 Å². The molecule has 0 aromatic carbocycles. The molecule has 0 radical (unpaired) electrons. The van der Waals surface area contributed by atoms with E-state index in [1.54, 1.807) is 0 Å². The molecule has 0 aliphatic carbocycles. The van der Waals surface area contributed by atoms with Crippen LogP contribution in [0.1, 0.15) is 30.1 Å². The van der Waals surface area contributed by atoms with Gasteiger partial charge in [-0.25, -0.2) is 0 Å². The standard InChI is InChI=1S/C9H12BrNO3/c10-9-7(4-12)8(14-11-9)6-2-1-3-13-5-6/h6,12H,1-5H2. The number of aliphatic hydroxyl groups excluding tert-OH is 1. The van der Waals surface area contributed by atoms with Crippen molar-refractivity contribution in [3.8, 4) is 0 Å². The number of halogens is 1. The third-order valence-corrected chi connectivity index (χ3v) is 3.08. The lowest BCUT2D eigenvalue weighted by Gasteiger charge is -2.20. The van der Waals surface area contributed by atoms with Gasteiger partial charge in [0.2, 0.25) is 0 Å². The lowest BCUT2D eigenvalue weighted by molar-refractivity contribution is 0.0712. The molecule has 1 unspecified atom stereocenters. The summed E-state index contributed by atoms with van der Waals surface area (Å²) in [4.78, 5) is 0. The first-order valence-electron chi connectivity index (χ1n) is 4.65. The number of ether oxygens (including phenoxy) is 1. The molecule has 1 aromatic rings. The van der Waals surface area contributed by atoms with Crippen LogP contribution in [0.4, 0.5) is 0 Å². The number of hydrogen-bond donors (Lipinski definition) is 1. The maximum Gasteiger partial charge on any atom is 0.155 e. The largest absolute Gasteiger partial charge is 0.391 e. The van der Waals surface area contributed by atoms with E-state index in [-0.39, 0.29) is 12.5 Å². The molecule has 1 N–H and O–H groups in total. The Morgan fingerprint density at radius 2 is 2.43 bits per heavy atom. The Morgan fingerprint density at radius 3 is 3.07 bits per heavy atom. The normalized spacial score (nSPS) is 22.6. The van der Waals surface area contributed by atoms with Gasteiger partial charge in [0.1, 0.15) is 5.76 Å². The Balaban J connectivity index is 2.21. The zero-order valence-electron chi connectivity index (χ0n) is 7.70. The minimum absolute atomic E-state index is 0.0457. The van der Waals surface area contributed by atoms with Crippen molar-refractivity contribution in [2.24, 2.45) is 0 Å². The number of aliphatic hydroxyl groups is 1. The fourth-order valence-corrected chi connectivity index (χ4v) is 2.11. The van der Waals surface area contributed by atoms with Crippen LogP contribution in [0.2, 0.25) is 0 Å². The molecule has 2 rings (SSSR count). The zero-order valence-corrected chi connectivity index (χ0v) is 9.29. The molecule has 0 amide bonds. The highest BCUT2D eigenvalue weighted by molar-refractivity contribution is 9.10. The van der Waals surface area contributed by atoms with Crippen LogP contribution in [0.25, 0.3) is 0 Å². The van der Waals surface area contributed by atoms with Crippen molar-refractivity contribution < 1.29 is 14.4 Å². The minimum atomic E-state index is -0.0457. The molecule has 1 saturated heterocycles. The average Bonchev–Trinajstić information content (AvgIpc) is 2.61. The Morgan fingerprint density at radius 1 is 1.57 bits per heavy atom. The van der Waals surface area contributed by atoms with Crippen LogP contribution in [0.5, 0.6) is 0 Å². The summed E-state index contributed by atoms with van der Waals surface area (Å²) in [5.41, 5.74) is 0.750. The first kappa shape index (κ1) is 10.1. The molecule has 1 aliphatic heterocycles. The quantitative estimate of drug-likeness (QED) is 0.883. The van der Waals surface area contributed by atoms with Gasteiger partial charge >= 0.3 is 0 Å². The van der Waals surface area contributed by atoms with Gasteiger partial charge in [0.05, 0.1) is 18.8 Å². The fourth-order valence-electron chi connectivity index (χ4n) is 1.71. The van der Waals surface area contributed by atoms with Gasteiger partial charge in [-0.05, 0) is 28.8 Å². The van der Waals surface area contributed by atoms with Gasteiger partial charge in [-0.15, -0.1) is 0 Å². The molecule has 1 aromatic heterocycles. The molecular weight excluding hydrogens is 250 g/mol. The van der Waals surface area contributed by atoms with Crippen LogP contribution in [0.3, 0.4) is 0 Å². The molecule has 1 fully saturated rings. The summed E-state index contributed by atoms with van der Waals surface area (Å²) < 4.78 is 11.1. The van der Waals surface area contributed by atoms with Crippen molar-refractivity contribution in [2.75, 3.05) is 13.2 Å². The molecule has 0 bridgehead atoms. The predicted octanol–water partition coefficient (Wildman–Crippen LogP) is 1.82. The zero-order chi connectivity index (χ0) is 9.97. The maximum atomic E-state index is 9.15. The molecule has 1 atom stereocenters. The second-order valence-electron chi connectivity index (χ2n) is 3.39. The van der Waals surface area contributed by atoms with E-state index in [9.17, 15) is 0 Å². The van der Waals surface area contributed by atoms with E-state index in [1.807, 2.05) is 0 Å². The lowest BCUT2D eigenvalue weighted by Crippen LogP contribution is -2.16. The van der Waals surface area contributed by atoms with Crippen molar-refractivity contribution >= 4 is 15.9 Å². The van der Waals surface area contributed by atoms with Crippen molar-refractivity contribution in [1.29, 1.82) is 0 Å². The van der Waals surface area contributed by atoms with E-state index in [1.165, 1.54) is 0 Å². The van der Waals surface area contributed by atoms with E-state index >= 15 is 0 Å². The summed E-state index contributed by atoms with van der Waals surface area (Å²) in [5, 5.41) is 12.9. The average molecular weight is 262 g/mol. The molecular formula is C9H12BrNO3. The van der Waals surface area contributed by atoms with Gasteiger partial charge in [-0.2, -0.15) is 0 Å². The molecule has 0 saturated carbocycles. The topological polar surface area (TPSA) is 55.5 Å². The summed E-state index contributed by atoms with van der Waals surface area (Å²) in [6.07, 6.45) is 2.07. The van der Waals surface area contributed by atoms with Crippen LogP contribution in [0.15, 0.2) is 9.13 Å². The van der Waals surface area contributed by atoms with E-state index in [0.29, 0.717) is 11.2 Å². The van der Waals surface area contributed by atoms with Crippen molar-refractivity contribution in [3.05, 3.63) is 15.9 Å². The first-order valence-corrected chi connectivity index (χ1v) is 5.44. The van der Waals surface area contributed by atoms with Gasteiger partial charge < -0.3 is 14.4 Å². The summed E-state index contributed by atoms with van der Waals surface area (Å²) in [6.45, 7) is 1.44. The van der Waals surface area contributed by atoms with Gasteiger partial charge in [-0.1, -0.05) is 5.16 Å². The third-order valence-electron chi connectivity index (χ3n) is 2.46. The molecule has 1 aliphatic rings. The minimum Gasteiger partial charge on any atom is -0.391 e. The van der Waals surface area contributed by atoms with Crippen molar-refractivity contribution in [1.82, 2.24) is 5.16 Å². The number of hydrogen-bond acceptors (Lipinski definition) is 4. The second-order valence-corrected chi connectivity index (χ2v) is 4.14. The Bertz CT molecular complexity index is 307. The van der Waals surface area contributed by atoms with Crippen LogP contribution >= 0.6 is 15.9 Å². The number of rotatable bonds is 2. The SMILES string of the molecule is OCc1c(Br)noc1C1CCCOC1. The maximum absolute atomic E-state index is 9.15.